The third kappa shape index (κ3) is 3.53. The first-order chi connectivity index (χ1) is 8.38. The molecule has 0 saturated heterocycles. The number of pyridine rings is 2. The van der Waals surface area contributed by atoms with Gasteiger partial charge in [0, 0.05) is 18.9 Å². The van der Waals surface area contributed by atoms with Crippen LogP contribution in [0.2, 0.25) is 0 Å². The number of ether oxygens (including phenoxy) is 1. The Hall–Kier alpha value is -1.94. The molecule has 0 aliphatic heterocycles. The lowest BCUT2D eigenvalue weighted by Crippen LogP contribution is -2.06. The fourth-order valence-electron chi connectivity index (χ4n) is 1.43. The maximum Gasteiger partial charge on any atom is 0.138 e. The molecule has 2 aromatic rings. The first-order valence-electron chi connectivity index (χ1n) is 5.50. The number of nitrogens with zero attached hydrogens (tertiary/aromatic N) is 2. The van der Waals surface area contributed by atoms with Crippen LogP contribution in [0.1, 0.15) is 11.3 Å². The number of hydrogen-bond acceptors (Lipinski definition) is 4. The lowest BCUT2D eigenvalue weighted by molar-refractivity contribution is 0.304. The van der Waals surface area contributed by atoms with E-state index in [1.54, 1.807) is 18.6 Å². The molecule has 2 aromatic heterocycles. The van der Waals surface area contributed by atoms with Crippen molar-refractivity contribution in [3.63, 3.8) is 0 Å². The molecule has 0 aliphatic rings. The van der Waals surface area contributed by atoms with Crippen LogP contribution in [0.5, 0.6) is 5.75 Å². The zero-order valence-corrected chi connectivity index (χ0v) is 9.76. The van der Waals surface area contributed by atoms with E-state index < -0.39 is 0 Å². The lowest BCUT2D eigenvalue weighted by atomic mass is 10.3. The Bertz CT molecular complexity index is 442. The van der Waals surface area contributed by atoms with Crippen LogP contribution in [0.3, 0.4) is 0 Å². The van der Waals surface area contributed by atoms with Gasteiger partial charge in [-0.2, -0.15) is 0 Å². The average Bonchev–Trinajstić information content (AvgIpc) is 2.40. The van der Waals surface area contributed by atoms with Crippen LogP contribution >= 0.6 is 0 Å². The van der Waals surface area contributed by atoms with Crippen molar-refractivity contribution in [2.75, 3.05) is 7.05 Å². The van der Waals surface area contributed by atoms with Gasteiger partial charge in [-0.25, -0.2) is 0 Å². The SMILES string of the molecule is CNCc1ccc(OCc2ccncc2)cn1. The van der Waals surface area contributed by atoms with Crippen molar-refractivity contribution in [2.24, 2.45) is 0 Å². The second-order valence-electron chi connectivity index (χ2n) is 3.66. The van der Waals surface area contributed by atoms with Crippen LogP contribution in [-0.2, 0) is 13.2 Å². The van der Waals surface area contributed by atoms with Gasteiger partial charge in [0.2, 0.25) is 0 Å². The van der Waals surface area contributed by atoms with Gasteiger partial charge >= 0.3 is 0 Å². The minimum atomic E-state index is 0.537. The van der Waals surface area contributed by atoms with E-state index in [0.717, 1.165) is 23.6 Å². The molecule has 0 spiro atoms. The Balaban J connectivity index is 1.91. The summed E-state index contributed by atoms with van der Waals surface area (Å²) in [6, 6.07) is 7.75. The predicted octanol–water partition coefficient (Wildman–Crippen LogP) is 1.77. The van der Waals surface area contributed by atoms with E-state index in [2.05, 4.69) is 15.3 Å². The molecule has 4 heteroatoms. The molecular formula is C13H15N3O. The van der Waals surface area contributed by atoms with Crippen molar-refractivity contribution in [3.8, 4) is 5.75 Å². The zero-order chi connectivity index (χ0) is 11.9. The lowest BCUT2D eigenvalue weighted by Gasteiger charge is -2.06. The van der Waals surface area contributed by atoms with E-state index in [1.165, 1.54) is 0 Å². The summed E-state index contributed by atoms with van der Waals surface area (Å²) >= 11 is 0. The topological polar surface area (TPSA) is 47.0 Å². The van der Waals surface area contributed by atoms with Crippen molar-refractivity contribution in [3.05, 3.63) is 54.1 Å². The quantitative estimate of drug-likeness (QED) is 0.849. The van der Waals surface area contributed by atoms with Gasteiger partial charge in [-0.05, 0) is 36.9 Å². The Kier molecular flexibility index (Phi) is 4.05. The van der Waals surface area contributed by atoms with Crippen molar-refractivity contribution in [1.29, 1.82) is 0 Å². The third-order valence-corrected chi connectivity index (χ3v) is 2.31. The smallest absolute Gasteiger partial charge is 0.138 e. The second kappa shape index (κ2) is 5.96. The molecule has 0 fully saturated rings. The van der Waals surface area contributed by atoms with Crippen molar-refractivity contribution >= 4 is 0 Å². The van der Waals surface area contributed by atoms with E-state index in [-0.39, 0.29) is 0 Å². The molecular weight excluding hydrogens is 214 g/mol. The normalized spacial score (nSPS) is 10.2. The fourth-order valence-corrected chi connectivity index (χ4v) is 1.43. The van der Waals surface area contributed by atoms with Crippen LogP contribution < -0.4 is 10.1 Å². The highest BCUT2D eigenvalue weighted by Crippen LogP contribution is 2.11. The molecule has 0 unspecified atom stereocenters. The standard InChI is InChI=1S/C13H15N3O/c1-14-8-12-2-3-13(9-16-12)17-10-11-4-6-15-7-5-11/h2-7,9,14H,8,10H2,1H3. The molecule has 0 aliphatic carbocycles. The summed E-state index contributed by atoms with van der Waals surface area (Å²) in [4.78, 5) is 8.24. The molecule has 2 rings (SSSR count). The van der Waals surface area contributed by atoms with Gasteiger partial charge in [-0.3, -0.25) is 9.97 Å². The molecule has 0 atom stereocenters. The van der Waals surface area contributed by atoms with Gasteiger partial charge in [0.1, 0.15) is 12.4 Å². The van der Waals surface area contributed by atoms with Crippen molar-refractivity contribution < 1.29 is 4.74 Å². The highest BCUT2D eigenvalue weighted by molar-refractivity contribution is 5.20. The highest BCUT2D eigenvalue weighted by Gasteiger charge is 1.97. The predicted molar refractivity (Wildman–Crippen MR) is 65.6 cm³/mol. The molecule has 88 valence electrons. The average molecular weight is 229 g/mol. The van der Waals surface area contributed by atoms with Gasteiger partial charge in [0.15, 0.2) is 0 Å². The Labute approximate surface area is 101 Å². The monoisotopic (exact) mass is 229 g/mol. The van der Waals surface area contributed by atoms with Crippen LogP contribution in [0, 0.1) is 0 Å². The van der Waals surface area contributed by atoms with Crippen LogP contribution in [0.4, 0.5) is 0 Å². The third-order valence-electron chi connectivity index (χ3n) is 2.31. The molecule has 2 heterocycles. The fraction of sp³-hybridized carbons (Fsp3) is 0.231. The van der Waals surface area contributed by atoms with Gasteiger partial charge in [0.05, 0.1) is 11.9 Å². The number of hydrogen-bond donors (Lipinski definition) is 1. The van der Waals surface area contributed by atoms with Gasteiger partial charge < -0.3 is 10.1 Å². The summed E-state index contributed by atoms with van der Waals surface area (Å²) in [5, 5.41) is 3.05. The summed E-state index contributed by atoms with van der Waals surface area (Å²) < 4.78 is 5.61. The van der Waals surface area contributed by atoms with Gasteiger partial charge in [-0.1, -0.05) is 0 Å². The Morgan fingerprint density at radius 2 is 2.00 bits per heavy atom. The Morgan fingerprint density at radius 1 is 1.18 bits per heavy atom. The number of nitrogens with one attached hydrogen (secondary N) is 1. The minimum Gasteiger partial charge on any atom is -0.487 e. The van der Waals surface area contributed by atoms with E-state index in [0.29, 0.717) is 6.61 Å². The molecule has 0 radical (unpaired) electrons. The summed E-state index contributed by atoms with van der Waals surface area (Å²) in [7, 11) is 1.90. The van der Waals surface area contributed by atoms with E-state index in [9.17, 15) is 0 Å². The van der Waals surface area contributed by atoms with Gasteiger partial charge in [-0.15, -0.1) is 0 Å². The van der Waals surface area contributed by atoms with Crippen LogP contribution in [0.25, 0.3) is 0 Å². The first-order valence-corrected chi connectivity index (χ1v) is 5.50. The van der Waals surface area contributed by atoms with Gasteiger partial charge in [0.25, 0.3) is 0 Å². The maximum atomic E-state index is 5.61. The molecule has 0 bridgehead atoms. The summed E-state index contributed by atoms with van der Waals surface area (Å²) in [6.45, 7) is 1.31. The number of aromatic nitrogens is 2. The molecule has 17 heavy (non-hydrogen) atoms. The van der Waals surface area contributed by atoms with Crippen molar-refractivity contribution in [1.82, 2.24) is 15.3 Å². The second-order valence-corrected chi connectivity index (χ2v) is 3.66. The largest absolute Gasteiger partial charge is 0.487 e. The van der Waals surface area contributed by atoms with Crippen LogP contribution in [0.15, 0.2) is 42.9 Å². The molecule has 0 saturated carbocycles. The van der Waals surface area contributed by atoms with E-state index in [4.69, 9.17) is 4.74 Å². The summed E-state index contributed by atoms with van der Waals surface area (Å²) in [6.07, 6.45) is 5.26. The summed E-state index contributed by atoms with van der Waals surface area (Å²) in [5.41, 5.74) is 2.10. The Morgan fingerprint density at radius 3 is 2.65 bits per heavy atom. The van der Waals surface area contributed by atoms with Crippen LogP contribution in [-0.4, -0.2) is 17.0 Å². The minimum absolute atomic E-state index is 0.537. The van der Waals surface area contributed by atoms with E-state index >= 15 is 0 Å². The van der Waals surface area contributed by atoms with E-state index in [1.807, 2.05) is 31.3 Å². The zero-order valence-electron chi connectivity index (χ0n) is 9.76. The highest BCUT2D eigenvalue weighted by atomic mass is 16.5. The molecule has 1 N–H and O–H groups in total. The molecule has 4 nitrogen and oxygen atoms in total. The molecule has 0 amide bonds. The number of rotatable bonds is 5. The first kappa shape index (κ1) is 11.5. The maximum absolute atomic E-state index is 5.61. The molecule has 0 aromatic carbocycles. The summed E-state index contributed by atoms with van der Waals surface area (Å²) in [5.74, 6) is 0.779. The van der Waals surface area contributed by atoms with Crippen molar-refractivity contribution in [2.45, 2.75) is 13.2 Å².